The summed E-state index contributed by atoms with van der Waals surface area (Å²) in [6.45, 7) is 0.614. The molecule has 2 aromatic carbocycles. The molecule has 0 radical (unpaired) electrons. The molecule has 6 nitrogen and oxygen atoms in total. The van der Waals surface area contributed by atoms with E-state index in [0.29, 0.717) is 23.6 Å². The third kappa shape index (κ3) is 2.69. The summed E-state index contributed by atoms with van der Waals surface area (Å²) in [7, 11) is 1.37. The zero-order valence-corrected chi connectivity index (χ0v) is 13.7. The van der Waals surface area contributed by atoms with Crippen molar-refractivity contribution in [3.63, 3.8) is 0 Å². The average Bonchev–Trinajstić information content (AvgIpc) is 3.25. The summed E-state index contributed by atoms with van der Waals surface area (Å²) in [5, 5.41) is 0. The van der Waals surface area contributed by atoms with Gasteiger partial charge in [0.1, 0.15) is 0 Å². The van der Waals surface area contributed by atoms with E-state index in [9.17, 15) is 9.59 Å². The second kappa shape index (κ2) is 6.12. The number of fused-ring (bicyclic) bond motifs is 2. The Balaban J connectivity index is 1.64. The molecular weight excluding hydrogens is 322 g/mol. The van der Waals surface area contributed by atoms with Gasteiger partial charge < -0.3 is 19.1 Å². The molecule has 1 atom stereocenters. The highest BCUT2D eigenvalue weighted by atomic mass is 16.7. The predicted molar refractivity (Wildman–Crippen MR) is 90.1 cm³/mol. The monoisotopic (exact) mass is 339 g/mol. The molecule has 25 heavy (non-hydrogen) atoms. The Morgan fingerprint density at radius 2 is 1.96 bits per heavy atom. The molecule has 1 unspecified atom stereocenters. The van der Waals surface area contributed by atoms with E-state index in [-0.39, 0.29) is 31.0 Å². The van der Waals surface area contributed by atoms with Crippen molar-refractivity contribution in [1.29, 1.82) is 0 Å². The van der Waals surface area contributed by atoms with E-state index in [1.165, 1.54) is 7.11 Å². The van der Waals surface area contributed by atoms with E-state index >= 15 is 0 Å². The Morgan fingerprint density at radius 3 is 2.80 bits per heavy atom. The lowest BCUT2D eigenvalue weighted by Crippen LogP contribution is -2.30. The van der Waals surface area contributed by atoms with Gasteiger partial charge >= 0.3 is 5.97 Å². The van der Waals surface area contributed by atoms with E-state index in [0.717, 1.165) is 11.3 Å². The third-order valence-electron chi connectivity index (χ3n) is 4.58. The highest BCUT2D eigenvalue weighted by Gasteiger charge is 2.34. The van der Waals surface area contributed by atoms with Crippen LogP contribution in [-0.2, 0) is 9.53 Å². The van der Waals surface area contributed by atoms with Gasteiger partial charge in [0.05, 0.1) is 13.5 Å². The number of hydrogen-bond acceptors (Lipinski definition) is 5. The molecule has 0 bridgehead atoms. The van der Waals surface area contributed by atoms with E-state index < -0.39 is 0 Å². The highest BCUT2D eigenvalue weighted by Crippen LogP contribution is 2.40. The predicted octanol–water partition coefficient (Wildman–Crippen LogP) is 2.72. The molecular formula is C19H17NO5. The first-order valence-corrected chi connectivity index (χ1v) is 8.04. The third-order valence-corrected chi connectivity index (χ3v) is 4.58. The van der Waals surface area contributed by atoms with Crippen LogP contribution in [0.3, 0.4) is 0 Å². The first-order chi connectivity index (χ1) is 12.2. The van der Waals surface area contributed by atoms with E-state index in [1.54, 1.807) is 23.1 Å². The summed E-state index contributed by atoms with van der Waals surface area (Å²) in [6, 6.07) is 12.8. The molecule has 0 spiro atoms. The van der Waals surface area contributed by atoms with Crippen molar-refractivity contribution in [2.24, 2.45) is 0 Å². The summed E-state index contributed by atoms with van der Waals surface area (Å²) >= 11 is 0. The number of carbonyl (C=O) groups is 2. The topological polar surface area (TPSA) is 65.1 Å². The lowest BCUT2D eigenvalue weighted by molar-refractivity contribution is -0.141. The van der Waals surface area contributed by atoms with Crippen LogP contribution in [-0.4, -0.2) is 32.3 Å². The zero-order chi connectivity index (χ0) is 17.4. The van der Waals surface area contributed by atoms with Crippen molar-refractivity contribution in [3.05, 3.63) is 53.6 Å². The Labute approximate surface area is 144 Å². The molecule has 0 N–H and O–H groups in total. The van der Waals surface area contributed by atoms with Gasteiger partial charge in [0.15, 0.2) is 11.5 Å². The van der Waals surface area contributed by atoms with Crippen LogP contribution in [0.1, 0.15) is 28.3 Å². The number of anilines is 1. The maximum absolute atomic E-state index is 13.0. The average molecular weight is 339 g/mol. The standard InChI is InChI=1S/C19H17NO5/c1-23-18(21)9-13-10-20(15-5-3-2-4-14(13)15)19(22)12-6-7-16-17(8-12)25-11-24-16/h2-8,13H,9-11H2,1H3. The number of benzene rings is 2. The maximum Gasteiger partial charge on any atom is 0.306 e. The van der Waals surface area contributed by atoms with Crippen molar-refractivity contribution in [1.82, 2.24) is 0 Å². The van der Waals surface area contributed by atoms with Crippen LogP contribution in [0.5, 0.6) is 11.5 Å². The Hall–Kier alpha value is -3.02. The first-order valence-electron chi connectivity index (χ1n) is 8.04. The Kier molecular flexibility index (Phi) is 3.80. The van der Waals surface area contributed by atoms with Gasteiger partial charge in [-0.3, -0.25) is 9.59 Å². The van der Waals surface area contributed by atoms with Gasteiger partial charge in [-0.2, -0.15) is 0 Å². The Morgan fingerprint density at radius 1 is 1.16 bits per heavy atom. The van der Waals surface area contributed by atoms with Gasteiger partial charge in [0.25, 0.3) is 5.91 Å². The molecule has 2 aliphatic rings. The van der Waals surface area contributed by atoms with Crippen molar-refractivity contribution in [3.8, 4) is 11.5 Å². The molecule has 1 amide bonds. The number of methoxy groups -OCH3 is 1. The van der Waals surface area contributed by atoms with Crippen molar-refractivity contribution in [2.75, 3.05) is 25.3 Å². The number of esters is 1. The molecule has 128 valence electrons. The zero-order valence-electron chi connectivity index (χ0n) is 13.7. The molecule has 2 aliphatic heterocycles. The molecule has 0 aliphatic carbocycles. The lowest BCUT2D eigenvalue weighted by atomic mass is 9.98. The number of ether oxygens (including phenoxy) is 3. The van der Waals surface area contributed by atoms with Crippen molar-refractivity contribution in [2.45, 2.75) is 12.3 Å². The molecule has 0 aromatic heterocycles. The summed E-state index contributed by atoms with van der Waals surface area (Å²) in [6.07, 6.45) is 0.248. The summed E-state index contributed by atoms with van der Waals surface area (Å²) in [4.78, 5) is 26.4. The van der Waals surface area contributed by atoms with Crippen LogP contribution in [0.2, 0.25) is 0 Å². The van der Waals surface area contributed by atoms with Crippen LogP contribution >= 0.6 is 0 Å². The smallest absolute Gasteiger partial charge is 0.306 e. The van der Waals surface area contributed by atoms with Crippen LogP contribution in [0, 0.1) is 0 Å². The van der Waals surface area contributed by atoms with Crippen LogP contribution < -0.4 is 14.4 Å². The largest absolute Gasteiger partial charge is 0.469 e. The van der Waals surface area contributed by atoms with Crippen molar-refractivity contribution >= 4 is 17.6 Å². The minimum Gasteiger partial charge on any atom is -0.469 e. The van der Waals surface area contributed by atoms with Crippen LogP contribution in [0.25, 0.3) is 0 Å². The molecule has 0 saturated heterocycles. The minimum absolute atomic E-state index is 0.0680. The van der Waals surface area contributed by atoms with E-state index in [2.05, 4.69) is 0 Å². The first kappa shape index (κ1) is 15.5. The number of para-hydroxylation sites is 1. The summed E-state index contributed by atoms with van der Waals surface area (Å²) in [5.74, 6) is 0.739. The number of carbonyl (C=O) groups excluding carboxylic acids is 2. The molecule has 0 saturated carbocycles. The lowest BCUT2D eigenvalue weighted by Gasteiger charge is -2.18. The quantitative estimate of drug-likeness (QED) is 0.805. The second-order valence-corrected chi connectivity index (χ2v) is 6.02. The van der Waals surface area contributed by atoms with Gasteiger partial charge in [-0.05, 0) is 29.8 Å². The maximum atomic E-state index is 13.0. The molecule has 2 heterocycles. The fraction of sp³-hybridized carbons (Fsp3) is 0.263. The normalized spacial score (nSPS) is 17.3. The summed E-state index contributed by atoms with van der Waals surface area (Å²) < 4.78 is 15.4. The number of amides is 1. The van der Waals surface area contributed by atoms with Gasteiger partial charge in [-0.1, -0.05) is 18.2 Å². The van der Waals surface area contributed by atoms with Gasteiger partial charge in [-0.25, -0.2) is 0 Å². The van der Waals surface area contributed by atoms with E-state index in [4.69, 9.17) is 14.2 Å². The molecule has 2 aromatic rings. The fourth-order valence-corrected chi connectivity index (χ4v) is 3.33. The van der Waals surface area contributed by atoms with Crippen LogP contribution in [0.4, 0.5) is 5.69 Å². The fourth-order valence-electron chi connectivity index (χ4n) is 3.33. The van der Waals surface area contributed by atoms with Crippen LogP contribution in [0.15, 0.2) is 42.5 Å². The number of hydrogen-bond donors (Lipinski definition) is 0. The van der Waals surface area contributed by atoms with Crippen molar-refractivity contribution < 1.29 is 23.8 Å². The van der Waals surface area contributed by atoms with E-state index in [1.807, 2.05) is 24.3 Å². The molecule has 4 rings (SSSR count). The second-order valence-electron chi connectivity index (χ2n) is 6.02. The van der Waals surface area contributed by atoms with Gasteiger partial charge in [0, 0.05) is 23.7 Å². The highest BCUT2D eigenvalue weighted by molar-refractivity contribution is 6.08. The number of rotatable bonds is 3. The molecule has 0 fully saturated rings. The number of nitrogens with zero attached hydrogens (tertiary/aromatic N) is 1. The van der Waals surface area contributed by atoms with Gasteiger partial charge in [0.2, 0.25) is 6.79 Å². The minimum atomic E-state index is -0.280. The molecule has 6 heteroatoms. The Bertz CT molecular complexity index is 847. The SMILES string of the molecule is COC(=O)CC1CN(C(=O)c2ccc3c(c2)OCO3)c2ccccc21. The summed E-state index contributed by atoms with van der Waals surface area (Å²) in [5.41, 5.74) is 2.35. The van der Waals surface area contributed by atoms with Gasteiger partial charge in [-0.15, -0.1) is 0 Å².